The van der Waals surface area contributed by atoms with Crippen molar-refractivity contribution in [3.8, 4) is 0 Å². The molecule has 0 spiro atoms. The maximum atomic E-state index is 12.4. The van der Waals surface area contributed by atoms with Crippen LogP contribution in [0.25, 0.3) is 10.2 Å². The van der Waals surface area contributed by atoms with E-state index in [1.165, 1.54) is 4.88 Å². The average molecular weight is 313 g/mol. The predicted molar refractivity (Wildman–Crippen MR) is 86.9 cm³/mol. The van der Waals surface area contributed by atoms with Gasteiger partial charge in [0.05, 0.1) is 16.8 Å². The number of fused-ring (bicyclic) bond motifs is 1. The van der Waals surface area contributed by atoms with Crippen LogP contribution in [0.5, 0.6) is 0 Å². The first-order valence-corrected chi connectivity index (χ1v) is 7.85. The number of aromatic carboxylic acids is 1. The van der Waals surface area contributed by atoms with Gasteiger partial charge in [0.2, 0.25) is 0 Å². The summed E-state index contributed by atoms with van der Waals surface area (Å²) in [6.45, 7) is 2.09. The Morgan fingerprint density at radius 1 is 1.18 bits per heavy atom. The van der Waals surface area contributed by atoms with Crippen LogP contribution in [0, 0.1) is 0 Å². The Kier molecular flexibility index (Phi) is 3.81. The molecule has 0 saturated heterocycles. The molecular formula is C17H15NO3S. The number of carboxylic acid groups (broad SMARTS) is 1. The summed E-state index contributed by atoms with van der Waals surface area (Å²) in [5.74, 6) is -1.10. The Hall–Kier alpha value is -2.40. The van der Waals surface area contributed by atoms with E-state index < -0.39 is 5.97 Å². The molecule has 0 aliphatic heterocycles. The number of nitrogens with zero attached hydrogens (tertiary/aromatic N) is 1. The summed E-state index contributed by atoms with van der Waals surface area (Å²) in [5, 5.41) is 9.37. The fourth-order valence-corrected chi connectivity index (χ4v) is 3.52. The minimum atomic E-state index is -1.01. The molecule has 4 nitrogen and oxygen atoms in total. The second-order valence-electron chi connectivity index (χ2n) is 5.03. The van der Waals surface area contributed by atoms with Gasteiger partial charge in [-0.05, 0) is 18.6 Å². The number of carbonyl (C=O) groups is 2. The van der Waals surface area contributed by atoms with E-state index in [0.29, 0.717) is 5.56 Å². The summed E-state index contributed by atoms with van der Waals surface area (Å²) in [7, 11) is 0. The van der Waals surface area contributed by atoms with Gasteiger partial charge in [-0.3, -0.25) is 4.79 Å². The van der Waals surface area contributed by atoms with Crippen LogP contribution in [0.4, 0.5) is 0 Å². The Balaban J connectivity index is 2.04. The normalized spacial score (nSPS) is 11.0. The van der Waals surface area contributed by atoms with E-state index in [1.807, 2.05) is 12.1 Å². The highest BCUT2D eigenvalue weighted by atomic mass is 32.1. The van der Waals surface area contributed by atoms with Crippen molar-refractivity contribution in [2.75, 3.05) is 0 Å². The van der Waals surface area contributed by atoms with Crippen molar-refractivity contribution in [2.45, 2.75) is 19.9 Å². The molecule has 0 amide bonds. The van der Waals surface area contributed by atoms with E-state index in [2.05, 4.69) is 6.92 Å². The second kappa shape index (κ2) is 5.77. The number of benzene rings is 1. The van der Waals surface area contributed by atoms with Gasteiger partial charge in [-0.1, -0.05) is 37.3 Å². The van der Waals surface area contributed by atoms with Gasteiger partial charge in [-0.15, -0.1) is 11.3 Å². The van der Waals surface area contributed by atoms with Gasteiger partial charge in [-0.2, -0.15) is 0 Å². The van der Waals surface area contributed by atoms with Crippen LogP contribution in [-0.4, -0.2) is 21.4 Å². The largest absolute Gasteiger partial charge is 0.477 e. The molecule has 5 heteroatoms. The lowest BCUT2D eigenvalue weighted by Crippen LogP contribution is -2.15. The fourth-order valence-electron chi connectivity index (χ4n) is 2.47. The number of hydrogen-bond donors (Lipinski definition) is 1. The Bertz CT molecular complexity index is 846. The molecule has 3 rings (SSSR count). The molecule has 1 aromatic carbocycles. The smallest absolute Gasteiger partial charge is 0.352 e. The van der Waals surface area contributed by atoms with Crippen LogP contribution < -0.4 is 0 Å². The first-order valence-electron chi connectivity index (χ1n) is 7.03. The summed E-state index contributed by atoms with van der Waals surface area (Å²) in [4.78, 5) is 25.0. The first kappa shape index (κ1) is 14.5. The maximum Gasteiger partial charge on any atom is 0.352 e. The molecule has 2 aromatic heterocycles. The molecule has 3 aromatic rings. The third kappa shape index (κ3) is 2.55. The topological polar surface area (TPSA) is 59.3 Å². The molecule has 0 atom stereocenters. The summed E-state index contributed by atoms with van der Waals surface area (Å²) in [6, 6.07) is 12.6. The molecule has 0 unspecified atom stereocenters. The van der Waals surface area contributed by atoms with Gasteiger partial charge >= 0.3 is 5.97 Å². The van der Waals surface area contributed by atoms with Crippen molar-refractivity contribution < 1.29 is 14.7 Å². The van der Waals surface area contributed by atoms with Gasteiger partial charge in [0.25, 0.3) is 0 Å². The lowest BCUT2D eigenvalue weighted by atomic mass is 10.1. The standard InChI is InChI=1S/C17H15NO3S/c1-2-12-8-13-16(22-12)9-14(17(20)21)18(13)10-15(19)11-6-4-3-5-7-11/h3-9H,2,10H2,1H3,(H,20,21). The summed E-state index contributed by atoms with van der Waals surface area (Å²) >= 11 is 1.58. The summed E-state index contributed by atoms with van der Waals surface area (Å²) in [5.41, 5.74) is 1.57. The Morgan fingerprint density at radius 2 is 1.91 bits per heavy atom. The number of aryl methyl sites for hydroxylation is 1. The van der Waals surface area contributed by atoms with Crippen LogP contribution in [0.2, 0.25) is 0 Å². The Labute approximate surface area is 131 Å². The van der Waals surface area contributed by atoms with Crippen molar-refractivity contribution in [3.05, 3.63) is 58.6 Å². The van der Waals surface area contributed by atoms with Crippen LogP contribution in [0.1, 0.15) is 32.6 Å². The number of rotatable bonds is 5. The van der Waals surface area contributed by atoms with Crippen molar-refractivity contribution in [3.63, 3.8) is 0 Å². The van der Waals surface area contributed by atoms with Crippen molar-refractivity contribution in [1.29, 1.82) is 0 Å². The van der Waals surface area contributed by atoms with Gasteiger partial charge < -0.3 is 9.67 Å². The van der Waals surface area contributed by atoms with E-state index >= 15 is 0 Å². The number of Topliss-reactive ketones (excluding diaryl/α,β-unsaturated/α-hetero) is 1. The van der Waals surface area contributed by atoms with Gasteiger partial charge in [0.1, 0.15) is 5.69 Å². The van der Waals surface area contributed by atoms with Crippen LogP contribution in [-0.2, 0) is 13.0 Å². The minimum absolute atomic E-state index is 0.0367. The number of hydrogen-bond acceptors (Lipinski definition) is 3. The SMILES string of the molecule is CCc1cc2c(cc(C(=O)O)n2CC(=O)c2ccccc2)s1. The van der Waals surface area contributed by atoms with Crippen molar-refractivity contribution in [1.82, 2.24) is 4.57 Å². The first-order chi connectivity index (χ1) is 10.6. The highest BCUT2D eigenvalue weighted by Gasteiger charge is 2.19. The van der Waals surface area contributed by atoms with E-state index in [4.69, 9.17) is 0 Å². The minimum Gasteiger partial charge on any atom is -0.477 e. The van der Waals surface area contributed by atoms with Crippen LogP contribution in [0.15, 0.2) is 42.5 Å². The highest BCUT2D eigenvalue weighted by Crippen LogP contribution is 2.29. The molecule has 1 N–H and O–H groups in total. The lowest BCUT2D eigenvalue weighted by molar-refractivity contribution is 0.0685. The second-order valence-corrected chi connectivity index (χ2v) is 6.19. The zero-order chi connectivity index (χ0) is 15.7. The van der Waals surface area contributed by atoms with Gasteiger partial charge in [0.15, 0.2) is 5.78 Å². The zero-order valence-electron chi connectivity index (χ0n) is 12.1. The average Bonchev–Trinajstić information content (AvgIpc) is 3.07. The summed E-state index contributed by atoms with van der Waals surface area (Å²) in [6.07, 6.45) is 0.897. The number of aromatic nitrogens is 1. The molecule has 22 heavy (non-hydrogen) atoms. The van der Waals surface area contributed by atoms with E-state index in [9.17, 15) is 14.7 Å². The van der Waals surface area contributed by atoms with E-state index in [-0.39, 0.29) is 18.0 Å². The molecular weight excluding hydrogens is 298 g/mol. The molecule has 2 heterocycles. The zero-order valence-corrected chi connectivity index (χ0v) is 12.9. The van der Waals surface area contributed by atoms with Crippen LogP contribution >= 0.6 is 11.3 Å². The predicted octanol–water partition coefficient (Wildman–Crippen LogP) is 3.85. The lowest BCUT2D eigenvalue weighted by Gasteiger charge is -2.07. The van der Waals surface area contributed by atoms with E-state index in [1.54, 1.807) is 46.2 Å². The quantitative estimate of drug-likeness (QED) is 0.728. The van der Waals surface area contributed by atoms with E-state index in [0.717, 1.165) is 16.6 Å². The molecule has 0 radical (unpaired) electrons. The highest BCUT2D eigenvalue weighted by molar-refractivity contribution is 7.19. The molecule has 0 aliphatic carbocycles. The maximum absolute atomic E-state index is 12.4. The third-order valence-electron chi connectivity index (χ3n) is 3.61. The molecule has 112 valence electrons. The number of thiophene rings is 1. The fraction of sp³-hybridized carbons (Fsp3) is 0.176. The van der Waals surface area contributed by atoms with Crippen molar-refractivity contribution in [2.24, 2.45) is 0 Å². The van der Waals surface area contributed by atoms with Crippen molar-refractivity contribution >= 4 is 33.3 Å². The summed E-state index contributed by atoms with van der Waals surface area (Å²) < 4.78 is 2.51. The van der Waals surface area contributed by atoms with Crippen LogP contribution in [0.3, 0.4) is 0 Å². The molecule has 0 saturated carbocycles. The molecule has 0 aliphatic rings. The number of ketones is 1. The van der Waals surface area contributed by atoms with Gasteiger partial charge in [0, 0.05) is 10.4 Å². The number of carboxylic acids is 1. The molecule has 0 fully saturated rings. The van der Waals surface area contributed by atoms with Gasteiger partial charge in [-0.25, -0.2) is 4.79 Å². The number of carbonyl (C=O) groups excluding carboxylic acids is 1. The Morgan fingerprint density at radius 3 is 2.55 bits per heavy atom. The monoisotopic (exact) mass is 313 g/mol. The molecule has 0 bridgehead atoms. The third-order valence-corrected chi connectivity index (χ3v) is 4.82.